The van der Waals surface area contributed by atoms with Crippen molar-refractivity contribution in [2.45, 2.75) is 37.8 Å². The summed E-state index contributed by atoms with van der Waals surface area (Å²) < 4.78 is 5.48. The highest BCUT2D eigenvalue weighted by Gasteiger charge is 2.23. The molecule has 6 N–H and O–H groups in total. The molecular formula is C22H25N7O. The molecule has 0 bridgehead atoms. The van der Waals surface area contributed by atoms with Crippen LogP contribution in [-0.2, 0) is 0 Å². The molecule has 1 aliphatic carbocycles. The van der Waals surface area contributed by atoms with Crippen LogP contribution in [0.3, 0.4) is 0 Å². The quantitative estimate of drug-likeness (QED) is 0.411. The molecule has 0 radical (unpaired) electrons. The van der Waals surface area contributed by atoms with Crippen LogP contribution in [0.15, 0.2) is 36.7 Å². The fourth-order valence-electron chi connectivity index (χ4n) is 4.25. The molecule has 0 saturated heterocycles. The van der Waals surface area contributed by atoms with Crippen LogP contribution in [0.4, 0.5) is 11.8 Å². The lowest BCUT2D eigenvalue weighted by Gasteiger charge is -2.29. The Morgan fingerprint density at radius 1 is 1.17 bits per heavy atom. The summed E-state index contributed by atoms with van der Waals surface area (Å²) in [6.07, 6.45) is 7.86. The van der Waals surface area contributed by atoms with E-state index in [0.29, 0.717) is 11.8 Å². The molecule has 0 aliphatic heterocycles. The predicted molar refractivity (Wildman–Crippen MR) is 119 cm³/mol. The number of aromatic nitrogens is 4. The van der Waals surface area contributed by atoms with Crippen molar-refractivity contribution in [2.24, 2.45) is 5.73 Å². The standard InChI is InChI=1S/C22H25N7O/c1-30-18-8-4-5-12-9-17(27-19(12)18)13-10-25-21(24)14-11-26-22(29-20(13)14)28-16-7-3-2-6-15(16)23/h4-5,8-11,15-16,27H,2-3,6-7,23H2,1H3,(H2,24,25)(H,26,28,29)/t15-,16+/m1/s1. The van der Waals surface area contributed by atoms with Gasteiger partial charge < -0.3 is 26.5 Å². The summed E-state index contributed by atoms with van der Waals surface area (Å²) in [4.78, 5) is 17.1. The van der Waals surface area contributed by atoms with Gasteiger partial charge in [0.1, 0.15) is 11.6 Å². The van der Waals surface area contributed by atoms with E-state index in [0.717, 1.165) is 58.1 Å². The van der Waals surface area contributed by atoms with Crippen LogP contribution in [0, 0.1) is 0 Å². The predicted octanol–water partition coefficient (Wildman–Crippen LogP) is 3.45. The zero-order chi connectivity index (χ0) is 20.7. The van der Waals surface area contributed by atoms with E-state index >= 15 is 0 Å². The Kier molecular flexibility index (Phi) is 4.63. The lowest BCUT2D eigenvalue weighted by molar-refractivity contribution is 0.402. The second-order valence-corrected chi connectivity index (χ2v) is 7.82. The number of nitrogens with one attached hydrogen (secondary N) is 2. The number of para-hydroxylation sites is 1. The Balaban J connectivity index is 1.60. The summed E-state index contributed by atoms with van der Waals surface area (Å²) in [5, 5.41) is 5.20. The van der Waals surface area contributed by atoms with Crippen molar-refractivity contribution in [3.63, 3.8) is 0 Å². The molecule has 1 saturated carbocycles. The number of nitrogen functional groups attached to an aromatic ring is 1. The molecule has 30 heavy (non-hydrogen) atoms. The molecule has 1 aliphatic rings. The molecular weight excluding hydrogens is 378 g/mol. The zero-order valence-electron chi connectivity index (χ0n) is 16.9. The van der Waals surface area contributed by atoms with Crippen molar-refractivity contribution in [2.75, 3.05) is 18.2 Å². The third-order valence-electron chi connectivity index (χ3n) is 5.91. The van der Waals surface area contributed by atoms with Crippen LogP contribution in [0.2, 0.25) is 0 Å². The minimum absolute atomic E-state index is 0.112. The topological polar surface area (TPSA) is 128 Å². The SMILES string of the molecule is COc1cccc2cc(-c3cnc(N)c4cnc(N[C@H]5CCCC[C@H]5N)nc34)[nH]c12. The first-order valence-electron chi connectivity index (χ1n) is 10.2. The van der Waals surface area contributed by atoms with E-state index in [-0.39, 0.29) is 12.1 Å². The van der Waals surface area contributed by atoms with E-state index in [9.17, 15) is 0 Å². The van der Waals surface area contributed by atoms with Gasteiger partial charge in [-0.3, -0.25) is 0 Å². The molecule has 2 atom stereocenters. The fourth-order valence-corrected chi connectivity index (χ4v) is 4.25. The number of methoxy groups -OCH3 is 1. The Morgan fingerprint density at radius 3 is 2.87 bits per heavy atom. The van der Waals surface area contributed by atoms with E-state index in [1.165, 1.54) is 6.42 Å². The average molecular weight is 403 g/mol. The maximum Gasteiger partial charge on any atom is 0.223 e. The molecule has 8 heteroatoms. The largest absolute Gasteiger partial charge is 0.495 e. The Hall–Kier alpha value is -3.39. The molecule has 5 rings (SSSR count). The van der Waals surface area contributed by atoms with Crippen LogP contribution in [0.5, 0.6) is 5.75 Å². The van der Waals surface area contributed by atoms with E-state index < -0.39 is 0 Å². The van der Waals surface area contributed by atoms with E-state index in [4.69, 9.17) is 21.2 Å². The van der Waals surface area contributed by atoms with Gasteiger partial charge >= 0.3 is 0 Å². The number of ether oxygens (including phenoxy) is 1. The van der Waals surface area contributed by atoms with Gasteiger partial charge in [-0.05, 0) is 25.0 Å². The van der Waals surface area contributed by atoms with Crippen molar-refractivity contribution in [1.82, 2.24) is 19.9 Å². The molecule has 0 amide bonds. The van der Waals surface area contributed by atoms with Gasteiger partial charge in [0.05, 0.1) is 29.2 Å². The minimum Gasteiger partial charge on any atom is -0.495 e. The van der Waals surface area contributed by atoms with Crippen molar-refractivity contribution in [1.29, 1.82) is 0 Å². The molecule has 8 nitrogen and oxygen atoms in total. The maximum absolute atomic E-state index is 6.29. The monoisotopic (exact) mass is 403 g/mol. The van der Waals surface area contributed by atoms with Gasteiger partial charge in [0.2, 0.25) is 5.95 Å². The molecule has 1 fully saturated rings. The number of aromatic amines is 1. The smallest absolute Gasteiger partial charge is 0.223 e. The molecule has 0 unspecified atom stereocenters. The lowest BCUT2D eigenvalue weighted by atomic mass is 9.91. The molecule has 1 aromatic carbocycles. The first-order valence-corrected chi connectivity index (χ1v) is 10.2. The van der Waals surface area contributed by atoms with Crippen molar-refractivity contribution >= 4 is 33.6 Å². The summed E-state index contributed by atoms with van der Waals surface area (Å²) in [7, 11) is 1.66. The van der Waals surface area contributed by atoms with Crippen molar-refractivity contribution in [3.8, 4) is 17.0 Å². The number of rotatable bonds is 4. The number of hydrogen-bond acceptors (Lipinski definition) is 7. The van der Waals surface area contributed by atoms with Gasteiger partial charge in [-0.2, -0.15) is 0 Å². The number of fused-ring (bicyclic) bond motifs is 2. The van der Waals surface area contributed by atoms with Gasteiger partial charge in [-0.15, -0.1) is 0 Å². The number of hydrogen-bond donors (Lipinski definition) is 4. The van der Waals surface area contributed by atoms with Crippen molar-refractivity contribution < 1.29 is 4.74 Å². The number of H-pyrrole nitrogens is 1. The second-order valence-electron chi connectivity index (χ2n) is 7.82. The zero-order valence-corrected chi connectivity index (χ0v) is 16.9. The number of benzene rings is 1. The maximum atomic E-state index is 6.29. The van der Waals surface area contributed by atoms with E-state index in [2.05, 4.69) is 26.3 Å². The Labute approximate surface area is 174 Å². The van der Waals surface area contributed by atoms with Gasteiger partial charge in [-0.1, -0.05) is 25.0 Å². The molecule has 4 aromatic rings. The normalized spacial score (nSPS) is 19.3. The van der Waals surface area contributed by atoms with Crippen LogP contribution in [0.1, 0.15) is 25.7 Å². The third kappa shape index (κ3) is 3.19. The van der Waals surface area contributed by atoms with Gasteiger partial charge in [0.25, 0.3) is 0 Å². The lowest BCUT2D eigenvalue weighted by Crippen LogP contribution is -2.42. The van der Waals surface area contributed by atoms with E-state index in [1.54, 1.807) is 19.5 Å². The molecule has 3 aromatic heterocycles. The highest BCUT2D eigenvalue weighted by atomic mass is 16.5. The van der Waals surface area contributed by atoms with Crippen LogP contribution in [0.25, 0.3) is 33.1 Å². The number of pyridine rings is 1. The van der Waals surface area contributed by atoms with Crippen LogP contribution >= 0.6 is 0 Å². The first kappa shape index (κ1) is 18.6. The highest BCUT2D eigenvalue weighted by Crippen LogP contribution is 2.34. The summed E-state index contributed by atoms with van der Waals surface area (Å²) in [5.74, 6) is 1.75. The summed E-state index contributed by atoms with van der Waals surface area (Å²) in [6, 6.07) is 8.29. The van der Waals surface area contributed by atoms with Gasteiger partial charge in [0.15, 0.2) is 0 Å². The fraction of sp³-hybridized carbons (Fsp3) is 0.318. The molecule has 0 spiro atoms. The molecule has 3 heterocycles. The second kappa shape index (κ2) is 7.46. The average Bonchev–Trinajstić information content (AvgIpc) is 3.20. The van der Waals surface area contributed by atoms with Gasteiger partial charge in [0, 0.05) is 35.4 Å². The Bertz CT molecular complexity index is 1220. The third-order valence-corrected chi connectivity index (χ3v) is 5.91. The Morgan fingerprint density at radius 2 is 2.03 bits per heavy atom. The van der Waals surface area contributed by atoms with Gasteiger partial charge in [-0.25, -0.2) is 15.0 Å². The minimum atomic E-state index is 0.112. The van der Waals surface area contributed by atoms with Crippen molar-refractivity contribution in [3.05, 3.63) is 36.7 Å². The number of nitrogens with two attached hydrogens (primary N) is 2. The first-order chi connectivity index (χ1) is 14.6. The molecule has 154 valence electrons. The summed E-state index contributed by atoms with van der Waals surface area (Å²) in [5.41, 5.74) is 15.8. The summed E-state index contributed by atoms with van der Waals surface area (Å²) >= 11 is 0. The number of anilines is 2. The van der Waals surface area contributed by atoms with Crippen LogP contribution < -0.4 is 21.5 Å². The summed E-state index contributed by atoms with van der Waals surface area (Å²) in [6.45, 7) is 0. The highest BCUT2D eigenvalue weighted by molar-refractivity contribution is 6.00. The van der Waals surface area contributed by atoms with E-state index in [1.807, 2.05) is 18.2 Å². The number of nitrogens with zero attached hydrogens (tertiary/aromatic N) is 3. The van der Waals surface area contributed by atoms with Crippen LogP contribution in [-0.4, -0.2) is 39.1 Å².